The van der Waals surface area contributed by atoms with Crippen LogP contribution in [0.25, 0.3) is 11.0 Å². The molecule has 2 N–H and O–H groups in total. The summed E-state index contributed by atoms with van der Waals surface area (Å²) in [7, 11) is -4.50. The third kappa shape index (κ3) is 4.28. The summed E-state index contributed by atoms with van der Waals surface area (Å²) in [6.07, 6.45) is -2.06. The van der Waals surface area contributed by atoms with E-state index in [0.717, 1.165) is 24.7 Å². The van der Waals surface area contributed by atoms with Crippen LogP contribution in [0.5, 0.6) is 0 Å². The van der Waals surface area contributed by atoms with Crippen molar-refractivity contribution in [1.82, 2.24) is 15.0 Å². The highest BCUT2D eigenvalue weighted by molar-refractivity contribution is 7.96. The Kier molecular flexibility index (Phi) is 5.94. The lowest BCUT2D eigenvalue weighted by Crippen LogP contribution is -2.20. The highest BCUT2D eigenvalue weighted by atomic mass is 35.5. The van der Waals surface area contributed by atoms with E-state index in [4.69, 9.17) is 11.6 Å². The van der Waals surface area contributed by atoms with Gasteiger partial charge in [-0.3, -0.25) is 9.52 Å². The quantitative estimate of drug-likeness (QED) is 0.280. The number of sulfonamides is 1. The molecule has 1 aromatic carbocycles. The van der Waals surface area contributed by atoms with Crippen LogP contribution in [-0.2, 0) is 10.0 Å². The zero-order chi connectivity index (χ0) is 24.8. The molecule has 2 heterocycles. The van der Waals surface area contributed by atoms with Crippen molar-refractivity contribution in [2.45, 2.75) is 19.0 Å². The number of aromatic nitrogens is 3. The first-order valence-corrected chi connectivity index (χ1v) is 11.3. The van der Waals surface area contributed by atoms with Gasteiger partial charge in [-0.05, 0) is 31.1 Å². The monoisotopic (exact) mass is 518 g/mol. The average molecular weight is 519 g/mol. The molecule has 0 unspecified atom stereocenters. The number of fused-ring (bicyclic) bond motifs is 1. The lowest BCUT2D eigenvalue weighted by Gasteiger charge is -2.18. The van der Waals surface area contributed by atoms with Crippen molar-refractivity contribution in [3.63, 3.8) is 0 Å². The van der Waals surface area contributed by atoms with Gasteiger partial charge in [-0.1, -0.05) is 17.7 Å². The minimum atomic E-state index is -4.60. The van der Waals surface area contributed by atoms with Gasteiger partial charge in [0.1, 0.15) is 22.9 Å². The normalized spacial score (nSPS) is 14.6. The fourth-order valence-electron chi connectivity index (χ4n) is 3.37. The number of nitrogens with zero attached hydrogens (tertiary/aromatic N) is 2. The first-order valence-electron chi connectivity index (χ1n) is 9.40. The van der Waals surface area contributed by atoms with E-state index >= 15 is 4.39 Å². The fourth-order valence-corrected chi connectivity index (χ4v) is 4.80. The number of aromatic amines is 1. The van der Waals surface area contributed by atoms with Gasteiger partial charge in [0, 0.05) is 11.8 Å². The minimum absolute atomic E-state index is 0.0126. The predicted octanol–water partition coefficient (Wildman–Crippen LogP) is 5.03. The molecule has 0 aliphatic heterocycles. The molecule has 1 aliphatic rings. The Balaban J connectivity index is 1.70. The van der Waals surface area contributed by atoms with Crippen LogP contribution in [0.15, 0.2) is 47.3 Å². The average Bonchev–Trinajstić information content (AvgIpc) is 3.21. The van der Waals surface area contributed by atoms with Crippen molar-refractivity contribution in [3.8, 4) is 0 Å². The molecule has 14 heteroatoms. The smallest absolute Gasteiger partial charge is 0.345 e. The summed E-state index contributed by atoms with van der Waals surface area (Å²) in [6, 6.07) is 1.43. The number of allylic oxidation sites excluding steroid dienone is 4. The topological polar surface area (TPSA) is 105 Å². The first kappa shape index (κ1) is 23.8. The van der Waals surface area contributed by atoms with Crippen molar-refractivity contribution >= 4 is 44.1 Å². The number of carbonyl (C=O) groups excluding carboxylic acids is 1. The molecule has 0 saturated heterocycles. The van der Waals surface area contributed by atoms with Gasteiger partial charge in [-0.2, -0.15) is 13.2 Å². The molecule has 0 saturated carbocycles. The molecular weight excluding hydrogens is 507 g/mol. The van der Waals surface area contributed by atoms with Crippen LogP contribution in [-0.4, -0.2) is 35.3 Å². The number of H-pyrrole nitrogens is 1. The van der Waals surface area contributed by atoms with E-state index in [1.54, 1.807) is 0 Å². The van der Waals surface area contributed by atoms with E-state index in [-0.39, 0.29) is 21.7 Å². The standard InChI is InChI=1S/C20H12ClF5N4O3S/c21-18-14-11(7-27-19(14)29-8-28-18)17(31)15-12(22)5-6-13(16(15)23)30-34(32,33)10-3-1-9(2-4-10)20(24,25)26/h1,3,5-8,30H,2,4H2,(H,27,28,29). The summed E-state index contributed by atoms with van der Waals surface area (Å²) in [5.74, 6) is -3.95. The van der Waals surface area contributed by atoms with Crippen LogP contribution in [0.3, 0.4) is 0 Å². The van der Waals surface area contributed by atoms with Crippen LogP contribution in [0.2, 0.25) is 5.15 Å². The zero-order valence-corrected chi connectivity index (χ0v) is 18.2. The van der Waals surface area contributed by atoms with E-state index < -0.39 is 68.2 Å². The highest BCUT2D eigenvalue weighted by Crippen LogP contribution is 2.35. The molecule has 3 aromatic rings. The number of halogens is 6. The number of benzene rings is 1. The molecule has 2 aromatic heterocycles. The molecule has 0 spiro atoms. The first-order chi connectivity index (χ1) is 15.9. The van der Waals surface area contributed by atoms with Gasteiger partial charge in [0.2, 0.25) is 5.78 Å². The van der Waals surface area contributed by atoms with Gasteiger partial charge in [-0.15, -0.1) is 0 Å². The molecule has 0 radical (unpaired) electrons. The molecule has 0 fully saturated rings. The molecule has 178 valence electrons. The van der Waals surface area contributed by atoms with E-state index in [2.05, 4.69) is 15.0 Å². The molecular formula is C20H12ClF5N4O3S. The van der Waals surface area contributed by atoms with Crippen LogP contribution in [0.4, 0.5) is 27.6 Å². The predicted molar refractivity (Wildman–Crippen MR) is 113 cm³/mol. The second-order valence-electron chi connectivity index (χ2n) is 7.13. The Bertz CT molecular complexity index is 1500. The van der Waals surface area contributed by atoms with Crippen LogP contribution in [0, 0.1) is 11.6 Å². The van der Waals surface area contributed by atoms with Crippen LogP contribution in [0.1, 0.15) is 28.8 Å². The fraction of sp³-hybridized carbons (Fsp3) is 0.150. The van der Waals surface area contributed by atoms with Crippen molar-refractivity contribution in [2.75, 3.05) is 4.72 Å². The maximum absolute atomic E-state index is 15.1. The molecule has 7 nitrogen and oxygen atoms in total. The van der Waals surface area contributed by atoms with E-state index in [1.165, 1.54) is 0 Å². The Labute approximate surface area is 193 Å². The summed E-state index contributed by atoms with van der Waals surface area (Å²) < 4.78 is 95.0. The second-order valence-corrected chi connectivity index (χ2v) is 9.23. The number of rotatable bonds is 5. The van der Waals surface area contributed by atoms with Crippen molar-refractivity contribution in [3.05, 3.63) is 75.2 Å². The SMILES string of the molecule is O=C(c1c(F)ccc(NS(=O)(=O)C2=CC=C(C(F)(F)F)CC2)c1F)c1c[nH]c2ncnc(Cl)c12. The van der Waals surface area contributed by atoms with Gasteiger partial charge >= 0.3 is 6.18 Å². The molecule has 1 aliphatic carbocycles. The molecule has 0 atom stereocenters. The number of carbonyl (C=O) groups is 1. The van der Waals surface area contributed by atoms with E-state index in [1.807, 2.05) is 4.72 Å². The number of alkyl halides is 3. The van der Waals surface area contributed by atoms with Crippen LogP contribution < -0.4 is 4.72 Å². The maximum atomic E-state index is 15.1. The van der Waals surface area contributed by atoms with E-state index in [0.29, 0.717) is 12.1 Å². The zero-order valence-electron chi connectivity index (χ0n) is 16.7. The number of ketones is 1. The molecule has 0 bridgehead atoms. The Hall–Kier alpha value is -3.32. The third-order valence-corrected chi connectivity index (χ3v) is 6.86. The summed E-state index contributed by atoms with van der Waals surface area (Å²) in [6.45, 7) is 0. The summed E-state index contributed by atoms with van der Waals surface area (Å²) in [5, 5.41) is -0.138. The van der Waals surface area contributed by atoms with Crippen molar-refractivity contribution < 1.29 is 35.2 Å². The summed E-state index contributed by atoms with van der Waals surface area (Å²) in [4.78, 5) is 22.7. The molecule has 4 rings (SSSR count). The Morgan fingerprint density at radius 1 is 1.12 bits per heavy atom. The van der Waals surface area contributed by atoms with Crippen molar-refractivity contribution in [1.29, 1.82) is 0 Å². The van der Waals surface area contributed by atoms with Gasteiger partial charge in [0.05, 0.1) is 27.1 Å². The summed E-state index contributed by atoms with van der Waals surface area (Å²) in [5.41, 5.74) is -2.86. The summed E-state index contributed by atoms with van der Waals surface area (Å²) >= 11 is 5.97. The largest absolute Gasteiger partial charge is 0.412 e. The maximum Gasteiger partial charge on any atom is 0.412 e. The van der Waals surface area contributed by atoms with Gasteiger partial charge in [-0.25, -0.2) is 27.2 Å². The molecule has 34 heavy (non-hydrogen) atoms. The lowest BCUT2D eigenvalue weighted by atomic mass is 10.0. The Morgan fingerprint density at radius 2 is 1.85 bits per heavy atom. The number of anilines is 1. The van der Waals surface area contributed by atoms with Crippen LogP contribution >= 0.6 is 11.6 Å². The lowest BCUT2D eigenvalue weighted by molar-refractivity contribution is -0.0940. The number of nitrogens with one attached hydrogen (secondary N) is 2. The highest BCUT2D eigenvalue weighted by Gasteiger charge is 2.35. The number of hydrogen-bond donors (Lipinski definition) is 2. The second kappa shape index (κ2) is 8.47. The van der Waals surface area contributed by atoms with Gasteiger partial charge < -0.3 is 4.98 Å². The molecule has 0 amide bonds. The van der Waals surface area contributed by atoms with Gasteiger partial charge in [0.25, 0.3) is 10.0 Å². The minimum Gasteiger partial charge on any atom is -0.345 e. The van der Waals surface area contributed by atoms with Gasteiger partial charge in [0.15, 0.2) is 5.82 Å². The van der Waals surface area contributed by atoms with Crippen molar-refractivity contribution in [2.24, 2.45) is 0 Å². The van der Waals surface area contributed by atoms with E-state index in [9.17, 15) is 30.8 Å². The number of hydrogen-bond acceptors (Lipinski definition) is 5. The third-order valence-electron chi connectivity index (χ3n) is 5.05. The Morgan fingerprint density at radius 3 is 2.50 bits per heavy atom.